The van der Waals surface area contributed by atoms with Gasteiger partial charge in [-0.05, 0) is 50.7 Å². The van der Waals surface area contributed by atoms with Crippen molar-refractivity contribution in [2.45, 2.75) is 46.2 Å². The third kappa shape index (κ3) is 4.70. The van der Waals surface area contributed by atoms with E-state index < -0.39 is 0 Å². The Morgan fingerprint density at radius 3 is 3.09 bits per heavy atom. The van der Waals surface area contributed by atoms with Crippen LogP contribution < -0.4 is 5.32 Å². The molecule has 5 heteroatoms. The number of hydrogen-bond acceptors (Lipinski definition) is 4. The molecule has 1 aromatic heterocycles. The first-order valence-electron chi connectivity index (χ1n) is 8.15. The van der Waals surface area contributed by atoms with Gasteiger partial charge in [-0.3, -0.25) is 4.98 Å². The topological polar surface area (TPSA) is 54.5 Å². The number of amides is 1. The van der Waals surface area contributed by atoms with Gasteiger partial charge < -0.3 is 15.0 Å². The number of pyridine rings is 1. The van der Waals surface area contributed by atoms with Crippen molar-refractivity contribution in [1.29, 1.82) is 0 Å². The second-order valence-electron chi connectivity index (χ2n) is 6.09. The summed E-state index contributed by atoms with van der Waals surface area (Å²) in [5, 5.41) is 3.57. The largest absolute Gasteiger partial charge is 0.450 e. The van der Waals surface area contributed by atoms with E-state index >= 15 is 0 Å². The number of nitrogens with one attached hydrogen (secondary N) is 1. The highest BCUT2D eigenvalue weighted by atomic mass is 16.6. The molecule has 0 aromatic carbocycles. The zero-order valence-electron chi connectivity index (χ0n) is 13.8. The maximum Gasteiger partial charge on any atom is 0.409 e. The fraction of sp³-hybridized carbons (Fsp3) is 0.647. The Labute approximate surface area is 133 Å². The average molecular weight is 305 g/mol. The summed E-state index contributed by atoms with van der Waals surface area (Å²) >= 11 is 0. The third-order valence-electron chi connectivity index (χ3n) is 4.25. The van der Waals surface area contributed by atoms with E-state index in [4.69, 9.17) is 4.74 Å². The Bertz CT molecular complexity index is 493. The Hall–Kier alpha value is -1.62. The molecule has 1 amide bonds. The minimum absolute atomic E-state index is 0.178. The fourth-order valence-corrected chi connectivity index (χ4v) is 2.96. The van der Waals surface area contributed by atoms with Crippen LogP contribution in [0.5, 0.6) is 0 Å². The summed E-state index contributed by atoms with van der Waals surface area (Å²) in [4.78, 5) is 17.9. The van der Waals surface area contributed by atoms with E-state index in [1.54, 1.807) is 0 Å². The molecule has 22 heavy (non-hydrogen) atoms. The average Bonchev–Trinajstić information content (AvgIpc) is 2.53. The first-order chi connectivity index (χ1) is 10.6. The molecule has 5 nitrogen and oxygen atoms in total. The maximum absolute atomic E-state index is 11.9. The van der Waals surface area contributed by atoms with Crippen molar-refractivity contribution in [1.82, 2.24) is 15.2 Å². The molecular weight excluding hydrogens is 278 g/mol. The minimum Gasteiger partial charge on any atom is -0.450 e. The van der Waals surface area contributed by atoms with Crippen LogP contribution in [0.25, 0.3) is 0 Å². The van der Waals surface area contributed by atoms with Crippen LogP contribution in [0.1, 0.15) is 37.8 Å². The van der Waals surface area contributed by atoms with Crippen molar-refractivity contribution in [3.05, 3.63) is 29.6 Å². The second kappa shape index (κ2) is 8.13. The van der Waals surface area contributed by atoms with Gasteiger partial charge in [0.1, 0.15) is 0 Å². The molecule has 0 radical (unpaired) electrons. The maximum atomic E-state index is 11.9. The summed E-state index contributed by atoms with van der Waals surface area (Å²) in [6.45, 7) is 8.93. The summed E-state index contributed by atoms with van der Waals surface area (Å²) in [7, 11) is 0. The Balaban J connectivity index is 1.83. The lowest BCUT2D eigenvalue weighted by Gasteiger charge is -2.35. The van der Waals surface area contributed by atoms with E-state index in [0.717, 1.165) is 32.5 Å². The summed E-state index contributed by atoms with van der Waals surface area (Å²) in [5.74, 6) is 0.468. The highest BCUT2D eigenvalue weighted by Crippen LogP contribution is 2.20. The number of likely N-dealkylation sites (tertiary alicyclic amines) is 1. The SMILES string of the molecule is CCOC(=O)N1CCC[C@@H]([C@H](C)NCc2cncc(C)c2)C1. The Morgan fingerprint density at radius 2 is 2.36 bits per heavy atom. The highest BCUT2D eigenvalue weighted by Gasteiger charge is 2.27. The van der Waals surface area contributed by atoms with E-state index in [0.29, 0.717) is 18.6 Å². The number of carbonyl (C=O) groups is 1. The summed E-state index contributed by atoms with van der Waals surface area (Å²) in [6, 6.07) is 2.51. The van der Waals surface area contributed by atoms with Crippen LogP contribution in [-0.4, -0.2) is 41.7 Å². The van der Waals surface area contributed by atoms with Crippen LogP contribution in [0.15, 0.2) is 18.5 Å². The number of aromatic nitrogens is 1. The summed E-state index contributed by atoms with van der Waals surface area (Å²) in [5.41, 5.74) is 2.38. The first kappa shape index (κ1) is 16.7. The van der Waals surface area contributed by atoms with Crippen LogP contribution in [0.3, 0.4) is 0 Å². The smallest absolute Gasteiger partial charge is 0.409 e. The lowest BCUT2D eigenvalue weighted by molar-refractivity contribution is 0.0830. The van der Waals surface area contributed by atoms with Crippen molar-refractivity contribution in [3.8, 4) is 0 Å². The van der Waals surface area contributed by atoms with Gasteiger partial charge in [0.2, 0.25) is 0 Å². The minimum atomic E-state index is -0.178. The molecule has 2 atom stereocenters. The molecule has 1 saturated heterocycles. The molecule has 1 aliphatic heterocycles. The fourth-order valence-electron chi connectivity index (χ4n) is 2.96. The van der Waals surface area contributed by atoms with Crippen molar-refractivity contribution < 1.29 is 9.53 Å². The second-order valence-corrected chi connectivity index (χ2v) is 6.09. The monoisotopic (exact) mass is 305 g/mol. The highest BCUT2D eigenvalue weighted by molar-refractivity contribution is 5.67. The van der Waals surface area contributed by atoms with Gasteiger partial charge in [-0.2, -0.15) is 0 Å². The summed E-state index contributed by atoms with van der Waals surface area (Å²) in [6.07, 6.45) is 5.78. The molecular formula is C17H27N3O2. The molecule has 2 rings (SSSR count). The molecule has 0 bridgehead atoms. The molecule has 1 aromatic rings. The number of aryl methyl sites for hydroxylation is 1. The number of hydrogen-bond donors (Lipinski definition) is 1. The molecule has 1 N–H and O–H groups in total. The van der Waals surface area contributed by atoms with Gasteiger partial charge in [0, 0.05) is 38.1 Å². The van der Waals surface area contributed by atoms with Gasteiger partial charge in [-0.15, -0.1) is 0 Å². The van der Waals surface area contributed by atoms with E-state index in [2.05, 4.69) is 30.2 Å². The van der Waals surface area contributed by atoms with Gasteiger partial charge in [-0.1, -0.05) is 6.07 Å². The van der Waals surface area contributed by atoms with Crippen molar-refractivity contribution in [2.24, 2.45) is 5.92 Å². The number of carbonyl (C=O) groups excluding carboxylic acids is 1. The van der Waals surface area contributed by atoms with Gasteiger partial charge in [0.25, 0.3) is 0 Å². The predicted molar refractivity (Wildman–Crippen MR) is 86.6 cm³/mol. The number of rotatable bonds is 5. The molecule has 122 valence electrons. The van der Waals surface area contributed by atoms with Crippen molar-refractivity contribution in [3.63, 3.8) is 0 Å². The molecule has 0 aliphatic carbocycles. The first-order valence-corrected chi connectivity index (χ1v) is 8.15. The van der Waals surface area contributed by atoms with Gasteiger partial charge in [-0.25, -0.2) is 4.79 Å². The quantitative estimate of drug-likeness (QED) is 0.909. The number of ether oxygens (including phenoxy) is 1. The molecule has 0 saturated carbocycles. The normalized spacial score (nSPS) is 19.8. The molecule has 0 spiro atoms. The number of piperidine rings is 1. The molecule has 2 heterocycles. The van der Waals surface area contributed by atoms with Crippen LogP contribution >= 0.6 is 0 Å². The van der Waals surface area contributed by atoms with Crippen LogP contribution in [0, 0.1) is 12.8 Å². The van der Waals surface area contributed by atoms with Crippen LogP contribution in [0.2, 0.25) is 0 Å². The standard InChI is InChI=1S/C17H27N3O2/c1-4-22-17(21)20-7-5-6-16(12-20)14(3)19-11-15-8-13(2)9-18-10-15/h8-10,14,16,19H,4-7,11-12H2,1-3H3/t14-,16+/m0/s1. The van der Waals surface area contributed by atoms with Gasteiger partial charge in [0.05, 0.1) is 6.61 Å². The van der Waals surface area contributed by atoms with Crippen molar-refractivity contribution in [2.75, 3.05) is 19.7 Å². The predicted octanol–water partition coefficient (Wildman–Crippen LogP) is 2.74. The Kier molecular flexibility index (Phi) is 6.19. The third-order valence-corrected chi connectivity index (χ3v) is 4.25. The van der Waals surface area contributed by atoms with Crippen LogP contribution in [0.4, 0.5) is 4.79 Å². The molecule has 0 unspecified atom stereocenters. The van der Waals surface area contributed by atoms with E-state index in [-0.39, 0.29) is 6.09 Å². The number of nitrogens with zero attached hydrogens (tertiary/aromatic N) is 2. The molecule has 1 fully saturated rings. The zero-order valence-corrected chi connectivity index (χ0v) is 13.8. The van der Waals surface area contributed by atoms with Gasteiger partial charge >= 0.3 is 6.09 Å². The Morgan fingerprint density at radius 1 is 1.55 bits per heavy atom. The van der Waals surface area contributed by atoms with E-state index in [1.807, 2.05) is 24.2 Å². The lowest BCUT2D eigenvalue weighted by Crippen LogP contribution is -2.46. The van der Waals surface area contributed by atoms with Crippen LogP contribution in [-0.2, 0) is 11.3 Å². The lowest BCUT2D eigenvalue weighted by atomic mass is 9.91. The van der Waals surface area contributed by atoms with E-state index in [1.165, 1.54) is 11.1 Å². The molecule has 1 aliphatic rings. The summed E-state index contributed by atoms with van der Waals surface area (Å²) < 4.78 is 5.11. The van der Waals surface area contributed by atoms with Gasteiger partial charge in [0.15, 0.2) is 0 Å². The van der Waals surface area contributed by atoms with E-state index in [9.17, 15) is 4.79 Å². The zero-order chi connectivity index (χ0) is 15.9. The van der Waals surface area contributed by atoms with Crippen molar-refractivity contribution >= 4 is 6.09 Å².